The fourth-order valence-electron chi connectivity index (χ4n) is 0.768. The van der Waals surface area contributed by atoms with Crippen LogP contribution in [-0.4, -0.2) is 9.91 Å². The van der Waals surface area contributed by atoms with Crippen LogP contribution in [0.2, 0.25) is 0 Å². The number of hydrogen-bond acceptors (Lipinski definition) is 3. The molecule has 64 valence electrons. The van der Waals surface area contributed by atoms with Crippen LogP contribution < -0.4 is 5.56 Å². The number of H-pyrrole nitrogens is 1. The number of rotatable bonds is 2. The van der Waals surface area contributed by atoms with Crippen LogP contribution in [0.4, 0.5) is 5.69 Å². The van der Waals surface area contributed by atoms with Crippen molar-refractivity contribution in [3.8, 4) is 0 Å². The molecule has 1 heterocycles. The Balaban J connectivity index is 3.31. The van der Waals surface area contributed by atoms with E-state index in [0.717, 1.165) is 6.07 Å². The fraction of sp³-hybridized carbons (Fsp3) is 0.167. The minimum atomic E-state index is -0.632. The van der Waals surface area contributed by atoms with E-state index in [4.69, 9.17) is 11.6 Å². The molecule has 0 saturated carbocycles. The number of aromatic nitrogens is 1. The zero-order valence-electron chi connectivity index (χ0n) is 5.91. The lowest BCUT2D eigenvalue weighted by atomic mass is 10.3. The van der Waals surface area contributed by atoms with Gasteiger partial charge in [-0.25, -0.2) is 0 Å². The van der Waals surface area contributed by atoms with Crippen molar-refractivity contribution in [1.29, 1.82) is 0 Å². The van der Waals surface area contributed by atoms with E-state index in [1.165, 1.54) is 6.20 Å². The van der Waals surface area contributed by atoms with Crippen molar-refractivity contribution in [3.05, 3.63) is 38.3 Å². The van der Waals surface area contributed by atoms with Gasteiger partial charge in [0, 0.05) is 6.20 Å². The fourth-order valence-corrected chi connectivity index (χ4v) is 0.982. The first kappa shape index (κ1) is 8.73. The maximum atomic E-state index is 10.7. The molecule has 1 N–H and O–H groups in total. The molecular formula is C6H5ClN2O3. The van der Waals surface area contributed by atoms with Crippen LogP contribution >= 0.6 is 11.6 Å². The van der Waals surface area contributed by atoms with Gasteiger partial charge in [-0.15, -0.1) is 11.6 Å². The number of nitro groups is 1. The summed E-state index contributed by atoms with van der Waals surface area (Å²) >= 11 is 5.40. The predicted molar refractivity (Wildman–Crippen MR) is 43.3 cm³/mol. The third-order valence-corrected chi connectivity index (χ3v) is 1.61. The average Bonchev–Trinajstić information content (AvgIpc) is 2.04. The van der Waals surface area contributed by atoms with Crippen molar-refractivity contribution in [2.75, 3.05) is 0 Å². The van der Waals surface area contributed by atoms with Gasteiger partial charge in [-0.1, -0.05) is 0 Å². The second-order valence-electron chi connectivity index (χ2n) is 2.10. The van der Waals surface area contributed by atoms with Crippen LogP contribution in [0.25, 0.3) is 0 Å². The number of aromatic amines is 1. The van der Waals surface area contributed by atoms with Gasteiger partial charge in [-0.3, -0.25) is 14.9 Å². The topological polar surface area (TPSA) is 76.0 Å². The Hall–Kier alpha value is -1.36. The summed E-state index contributed by atoms with van der Waals surface area (Å²) in [5, 5.41) is 10.3. The van der Waals surface area contributed by atoms with Gasteiger partial charge in [0.2, 0.25) is 0 Å². The maximum absolute atomic E-state index is 10.7. The first-order valence-corrected chi connectivity index (χ1v) is 3.60. The zero-order valence-corrected chi connectivity index (χ0v) is 6.67. The van der Waals surface area contributed by atoms with E-state index in [0.29, 0.717) is 5.56 Å². The molecule has 1 rings (SSSR count). The highest BCUT2D eigenvalue weighted by atomic mass is 35.5. The van der Waals surface area contributed by atoms with E-state index in [9.17, 15) is 14.9 Å². The summed E-state index contributed by atoms with van der Waals surface area (Å²) in [7, 11) is 0. The SMILES string of the molecule is O=c1cc([N+](=O)[O-])c(CCl)c[nH]1. The Morgan fingerprint density at radius 1 is 1.67 bits per heavy atom. The van der Waals surface area contributed by atoms with Gasteiger partial charge in [0.1, 0.15) is 0 Å². The van der Waals surface area contributed by atoms with Crippen LogP contribution in [0.1, 0.15) is 5.56 Å². The Kier molecular flexibility index (Phi) is 2.44. The Bertz CT molecular complexity index is 360. The van der Waals surface area contributed by atoms with E-state index in [1.807, 2.05) is 0 Å². The first-order valence-electron chi connectivity index (χ1n) is 3.07. The predicted octanol–water partition coefficient (Wildman–Crippen LogP) is 1.02. The third-order valence-electron chi connectivity index (χ3n) is 1.33. The maximum Gasteiger partial charge on any atom is 0.280 e. The largest absolute Gasteiger partial charge is 0.328 e. The van der Waals surface area contributed by atoms with Crippen molar-refractivity contribution in [2.45, 2.75) is 5.88 Å². The number of alkyl halides is 1. The highest BCUT2D eigenvalue weighted by Gasteiger charge is 2.12. The standard InChI is InChI=1S/C6H5ClN2O3/c7-2-4-3-8-6(10)1-5(4)9(11)12/h1,3H,2H2,(H,8,10). The summed E-state index contributed by atoms with van der Waals surface area (Å²) in [4.78, 5) is 22.7. The van der Waals surface area contributed by atoms with E-state index in [2.05, 4.69) is 4.98 Å². The van der Waals surface area contributed by atoms with Gasteiger partial charge < -0.3 is 4.98 Å². The number of pyridine rings is 1. The van der Waals surface area contributed by atoms with Gasteiger partial charge in [0.15, 0.2) is 0 Å². The zero-order chi connectivity index (χ0) is 9.14. The molecule has 0 unspecified atom stereocenters. The lowest BCUT2D eigenvalue weighted by molar-refractivity contribution is -0.385. The smallest absolute Gasteiger partial charge is 0.280 e. The normalized spacial score (nSPS) is 9.75. The summed E-state index contributed by atoms with van der Waals surface area (Å²) in [6, 6.07) is 0.914. The minimum Gasteiger partial charge on any atom is -0.328 e. The molecule has 12 heavy (non-hydrogen) atoms. The van der Waals surface area contributed by atoms with Crippen molar-refractivity contribution in [2.24, 2.45) is 0 Å². The second-order valence-corrected chi connectivity index (χ2v) is 2.37. The molecule has 0 aliphatic heterocycles. The van der Waals surface area contributed by atoms with E-state index >= 15 is 0 Å². The summed E-state index contributed by atoms with van der Waals surface area (Å²) in [6.07, 6.45) is 1.24. The first-order chi connectivity index (χ1) is 5.65. The summed E-state index contributed by atoms with van der Waals surface area (Å²) < 4.78 is 0. The summed E-state index contributed by atoms with van der Waals surface area (Å²) in [6.45, 7) is 0. The van der Waals surface area contributed by atoms with Crippen molar-refractivity contribution in [3.63, 3.8) is 0 Å². The molecule has 6 heteroatoms. The Morgan fingerprint density at radius 2 is 2.33 bits per heavy atom. The van der Waals surface area contributed by atoms with Gasteiger partial charge in [0.05, 0.1) is 22.4 Å². The van der Waals surface area contributed by atoms with Crippen LogP contribution in [-0.2, 0) is 5.88 Å². The average molecular weight is 189 g/mol. The molecule has 0 amide bonds. The molecule has 0 saturated heterocycles. The molecule has 1 aromatic rings. The van der Waals surface area contributed by atoms with E-state index in [-0.39, 0.29) is 11.6 Å². The monoisotopic (exact) mass is 188 g/mol. The van der Waals surface area contributed by atoms with Crippen LogP contribution in [0.3, 0.4) is 0 Å². The molecule has 0 radical (unpaired) electrons. The molecule has 5 nitrogen and oxygen atoms in total. The van der Waals surface area contributed by atoms with Gasteiger partial charge in [0.25, 0.3) is 11.2 Å². The Labute approximate surface area is 72.1 Å². The quantitative estimate of drug-likeness (QED) is 0.428. The molecule has 0 atom stereocenters. The van der Waals surface area contributed by atoms with Crippen LogP contribution in [0.15, 0.2) is 17.1 Å². The number of nitrogens with one attached hydrogen (secondary N) is 1. The molecule has 0 spiro atoms. The lowest BCUT2D eigenvalue weighted by Gasteiger charge is -1.95. The summed E-state index contributed by atoms with van der Waals surface area (Å²) in [5.74, 6) is 0.00704. The molecule has 0 bridgehead atoms. The van der Waals surface area contributed by atoms with Gasteiger partial charge in [-0.05, 0) is 0 Å². The molecular weight excluding hydrogens is 184 g/mol. The molecule has 0 aromatic carbocycles. The summed E-state index contributed by atoms with van der Waals surface area (Å²) in [5.41, 5.74) is -0.439. The minimum absolute atomic E-state index is 0.00704. The van der Waals surface area contributed by atoms with Gasteiger partial charge >= 0.3 is 0 Å². The van der Waals surface area contributed by atoms with E-state index in [1.54, 1.807) is 0 Å². The van der Waals surface area contributed by atoms with Crippen LogP contribution in [0.5, 0.6) is 0 Å². The van der Waals surface area contributed by atoms with E-state index < -0.39 is 10.5 Å². The molecule has 0 aliphatic carbocycles. The highest BCUT2D eigenvalue weighted by molar-refractivity contribution is 6.17. The van der Waals surface area contributed by atoms with Crippen molar-refractivity contribution < 1.29 is 4.92 Å². The molecule has 0 aliphatic rings. The number of nitrogens with zero attached hydrogens (tertiary/aromatic N) is 1. The Morgan fingerprint density at radius 3 is 2.83 bits per heavy atom. The number of hydrogen-bond donors (Lipinski definition) is 1. The lowest BCUT2D eigenvalue weighted by Crippen LogP contribution is -2.07. The number of halogens is 1. The molecule has 0 fully saturated rings. The van der Waals surface area contributed by atoms with Crippen molar-refractivity contribution in [1.82, 2.24) is 4.98 Å². The second kappa shape index (κ2) is 3.36. The van der Waals surface area contributed by atoms with Crippen molar-refractivity contribution >= 4 is 17.3 Å². The van der Waals surface area contributed by atoms with Crippen LogP contribution in [0, 0.1) is 10.1 Å². The third kappa shape index (κ3) is 1.62. The van der Waals surface area contributed by atoms with Gasteiger partial charge in [-0.2, -0.15) is 0 Å². The highest BCUT2D eigenvalue weighted by Crippen LogP contribution is 2.15. The molecule has 1 aromatic heterocycles.